The van der Waals surface area contributed by atoms with Crippen LogP contribution in [0.4, 0.5) is 0 Å². The lowest BCUT2D eigenvalue weighted by Gasteiger charge is -2.14. The average molecular weight is 491 g/mol. The Labute approximate surface area is 194 Å². The number of ether oxygens (including phenoxy) is 1. The zero-order valence-electron chi connectivity index (χ0n) is 18.4. The fourth-order valence-corrected chi connectivity index (χ4v) is 5.87. The summed E-state index contributed by atoms with van der Waals surface area (Å²) in [4.78, 5) is 11.5. The predicted octanol–water partition coefficient (Wildman–Crippen LogP) is 2.78. The molecule has 0 unspecified atom stereocenters. The van der Waals surface area contributed by atoms with E-state index < -0.39 is 35.7 Å². The van der Waals surface area contributed by atoms with Crippen molar-refractivity contribution in [3.63, 3.8) is 0 Å². The fraction of sp³-hybridized carbons (Fsp3) is 0.348. The molecule has 3 N–H and O–H groups in total. The molecule has 10 heteroatoms. The largest absolute Gasteiger partial charge is 0.490 e. The molecular weight excluding hydrogens is 464 g/mol. The van der Waals surface area contributed by atoms with Crippen LogP contribution in [0.2, 0.25) is 0 Å². The van der Waals surface area contributed by atoms with Crippen LogP contribution in [-0.2, 0) is 20.0 Å². The molecule has 0 aromatic heterocycles. The van der Waals surface area contributed by atoms with Crippen molar-refractivity contribution in [2.45, 2.75) is 55.4 Å². The van der Waals surface area contributed by atoms with Gasteiger partial charge < -0.3 is 4.74 Å². The highest BCUT2D eigenvalue weighted by Crippen LogP contribution is 2.26. The van der Waals surface area contributed by atoms with Crippen molar-refractivity contribution in [3.05, 3.63) is 53.6 Å². The summed E-state index contributed by atoms with van der Waals surface area (Å²) in [5, 5.41) is 5.12. The third-order valence-corrected chi connectivity index (χ3v) is 7.53. The van der Waals surface area contributed by atoms with Gasteiger partial charge in [0.15, 0.2) is 0 Å². The summed E-state index contributed by atoms with van der Waals surface area (Å²) in [6, 6.07) is 9.27. The summed E-state index contributed by atoms with van der Waals surface area (Å²) in [5.74, 6) is 6.13. The number of benzene rings is 2. The van der Waals surface area contributed by atoms with E-state index >= 15 is 0 Å². The van der Waals surface area contributed by atoms with Crippen molar-refractivity contribution in [3.8, 4) is 17.6 Å². The minimum absolute atomic E-state index is 0.0220. The number of sulfonamides is 2. The van der Waals surface area contributed by atoms with Crippen molar-refractivity contribution in [2.75, 3.05) is 0 Å². The molecule has 0 atom stereocenters. The van der Waals surface area contributed by atoms with Crippen molar-refractivity contribution >= 4 is 26.0 Å². The van der Waals surface area contributed by atoms with E-state index in [1.807, 2.05) is 18.6 Å². The monoisotopic (exact) mass is 490 g/mol. The summed E-state index contributed by atoms with van der Waals surface area (Å²) in [7, 11) is -8.84. The van der Waals surface area contributed by atoms with E-state index in [-0.39, 0.29) is 11.7 Å². The average Bonchev–Trinajstić information content (AvgIpc) is 3.25. The van der Waals surface area contributed by atoms with Gasteiger partial charge in [-0.3, -0.25) is 4.79 Å². The first kappa shape index (κ1) is 24.8. The molecule has 0 aliphatic heterocycles. The molecule has 0 saturated heterocycles. The van der Waals surface area contributed by atoms with Crippen molar-refractivity contribution < 1.29 is 26.4 Å². The predicted molar refractivity (Wildman–Crippen MR) is 124 cm³/mol. The lowest BCUT2D eigenvalue weighted by atomic mass is 10.1. The number of carbonyl (C=O) groups is 1. The van der Waals surface area contributed by atoms with Gasteiger partial charge in [-0.15, -0.1) is 0 Å². The Bertz CT molecular complexity index is 1320. The molecule has 8 nitrogen and oxygen atoms in total. The number of primary sulfonamides is 1. The highest BCUT2D eigenvalue weighted by Gasteiger charge is 2.26. The molecule has 1 amide bonds. The summed E-state index contributed by atoms with van der Waals surface area (Å²) < 4.78 is 56.8. The van der Waals surface area contributed by atoms with Gasteiger partial charge in [-0.1, -0.05) is 36.8 Å². The number of amides is 1. The number of rotatable bonds is 6. The Morgan fingerprint density at radius 2 is 1.70 bits per heavy atom. The van der Waals surface area contributed by atoms with Gasteiger partial charge >= 0.3 is 0 Å². The van der Waals surface area contributed by atoms with E-state index in [4.69, 9.17) is 9.88 Å². The number of carbonyl (C=O) groups excluding carboxylic acids is 1. The Morgan fingerprint density at radius 1 is 1.06 bits per heavy atom. The SMILES string of the molecule is CC(C)Oc1cc(C(=O)NS(=O)(=O)c2ccccc2S(N)(=O)=O)ccc1C#CC1CCCC1. The van der Waals surface area contributed by atoms with Crippen molar-refractivity contribution in [2.24, 2.45) is 11.1 Å². The van der Waals surface area contributed by atoms with E-state index in [9.17, 15) is 21.6 Å². The molecule has 1 fully saturated rings. The van der Waals surface area contributed by atoms with E-state index in [0.717, 1.165) is 37.8 Å². The molecular formula is C23H26N2O6S2. The normalized spacial score (nSPS) is 14.5. The topological polar surface area (TPSA) is 133 Å². The number of hydrogen-bond acceptors (Lipinski definition) is 6. The van der Waals surface area contributed by atoms with Gasteiger partial charge in [-0.05, 0) is 57.0 Å². The van der Waals surface area contributed by atoms with E-state index in [2.05, 4.69) is 11.8 Å². The van der Waals surface area contributed by atoms with Crippen LogP contribution in [0.1, 0.15) is 55.5 Å². The summed E-state index contributed by atoms with van der Waals surface area (Å²) in [5.41, 5.74) is 0.628. The minimum atomic E-state index is -4.52. The Morgan fingerprint density at radius 3 is 2.30 bits per heavy atom. The van der Waals surface area contributed by atoms with Crippen LogP contribution in [0.15, 0.2) is 52.3 Å². The molecule has 0 radical (unpaired) electrons. The number of nitrogens with two attached hydrogens (primary N) is 1. The van der Waals surface area contributed by atoms with Crippen LogP contribution in [0.3, 0.4) is 0 Å². The maximum atomic E-state index is 12.8. The maximum absolute atomic E-state index is 12.8. The quantitative estimate of drug-likeness (QED) is 0.599. The highest BCUT2D eigenvalue weighted by molar-refractivity contribution is 7.92. The molecule has 2 aromatic rings. The summed E-state index contributed by atoms with van der Waals surface area (Å²) >= 11 is 0. The van der Waals surface area contributed by atoms with Crippen LogP contribution >= 0.6 is 0 Å². The van der Waals surface area contributed by atoms with E-state index in [1.54, 1.807) is 6.07 Å². The molecule has 176 valence electrons. The summed E-state index contributed by atoms with van der Waals surface area (Å²) in [6.07, 6.45) is 4.26. The van der Waals surface area contributed by atoms with Crippen LogP contribution in [-0.4, -0.2) is 28.8 Å². The smallest absolute Gasteiger partial charge is 0.265 e. The van der Waals surface area contributed by atoms with Gasteiger partial charge in [-0.2, -0.15) is 0 Å². The van der Waals surface area contributed by atoms with Crippen LogP contribution < -0.4 is 14.6 Å². The van der Waals surface area contributed by atoms with Gasteiger partial charge in [0.25, 0.3) is 15.9 Å². The minimum Gasteiger partial charge on any atom is -0.490 e. The second-order valence-electron chi connectivity index (χ2n) is 8.05. The van der Waals surface area contributed by atoms with Gasteiger partial charge in [0.1, 0.15) is 15.5 Å². The number of nitrogens with one attached hydrogen (secondary N) is 1. The first-order valence-electron chi connectivity index (χ1n) is 10.5. The molecule has 1 aliphatic carbocycles. The molecule has 2 aromatic carbocycles. The zero-order valence-corrected chi connectivity index (χ0v) is 20.0. The molecule has 33 heavy (non-hydrogen) atoms. The lowest BCUT2D eigenvalue weighted by molar-refractivity contribution is 0.0980. The molecule has 0 bridgehead atoms. The van der Waals surface area contributed by atoms with Crippen LogP contribution in [0.5, 0.6) is 5.75 Å². The molecule has 1 aliphatic rings. The molecule has 0 heterocycles. The lowest BCUT2D eigenvalue weighted by Crippen LogP contribution is -2.32. The maximum Gasteiger partial charge on any atom is 0.265 e. The molecule has 3 rings (SSSR count). The first-order valence-corrected chi connectivity index (χ1v) is 13.5. The van der Waals surface area contributed by atoms with Crippen molar-refractivity contribution in [1.82, 2.24) is 4.72 Å². The highest BCUT2D eigenvalue weighted by atomic mass is 32.2. The number of hydrogen-bond donors (Lipinski definition) is 2. The Balaban J connectivity index is 1.91. The van der Waals surface area contributed by atoms with Crippen LogP contribution in [0.25, 0.3) is 0 Å². The first-order chi connectivity index (χ1) is 15.5. The second-order valence-corrected chi connectivity index (χ2v) is 11.2. The van der Waals surface area contributed by atoms with E-state index in [0.29, 0.717) is 17.2 Å². The van der Waals surface area contributed by atoms with Crippen molar-refractivity contribution in [1.29, 1.82) is 0 Å². The third-order valence-electron chi connectivity index (χ3n) is 5.04. The van der Waals surface area contributed by atoms with Gasteiger partial charge in [-0.25, -0.2) is 26.7 Å². The standard InChI is InChI=1S/C23H26N2O6S2/c1-16(2)31-20-15-19(14-13-18(20)12-11-17-7-3-4-8-17)23(26)25-33(29,30)22-10-6-5-9-21(22)32(24,27)28/h5-6,9-10,13-17H,3-4,7-8H2,1-2H3,(H,25,26)(H2,24,27,28). The van der Waals surface area contributed by atoms with Gasteiger partial charge in [0.05, 0.1) is 11.7 Å². The van der Waals surface area contributed by atoms with Crippen LogP contribution in [0, 0.1) is 17.8 Å². The van der Waals surface area contributed by atoms with Gasteiger partial charge in [0, 0.05) is 11.5 Å². The second kappa shape index (κ2) is 9.95. The Kier molecular flexibility index (Phi) is 7.47. The van der Waals surface area contributed by atoms with E-state index in [1.165, 1.54) is 24.3 Å². The molecule has 0 spiro atoms. The third kappa shape index (κ3) is 6.35. The summed E-state index contributed by atoms with van der Waals surface area (Å²) in [6.45, 7) is 3.66. The zero-order chi connectivity index (χ0) is 24.2. The fourth-order valence-electron chi connectivity index (χ4n) is 3.51. The Hall–Kier alpha value is -2.87. The van der Waals surface area contributed by atoms with Gasteiger partial charge in [0.2, 0.25) is 10.0 Å². The molecule has 1 saturated carbocycles.